The fourth-order valence-electron chi connectivity index (χ4n) is 2.66. The fourth-order valence-corrected chi connectivity index (χ4v) is 2.66. The van der Waals surface area contributed by atoms with E-state index in [0.717, 1.165) is 13.2 Å². The quantitative estimate of drug-likeness (QED) is 0.696. The van der Waals surface area contributed by atoms with Crippen molar-refractivity contribution in [3.8, 4) is 0 Å². The first-order valence-electron chi connectivity index (χ1n) is 5.89. The molecule has 0 aromatic heterocycles. The molecule has 82 valence electrons. The van der Waals surface area contributed by atoms with Crippen LogP contribution in [-0.4, -0.2) is 24.8 Å². The molecule has 1 saturated heterocycles. The Morgan fingerprint density at radius 3 is 2.57 bits per heavy atom. The van der Waals surface area contributed by atoms with Gasteiger partial charge in [-0.2, -0.15) is 0 Å². The largest absolute Gasteiger partial charge is 0.372 e. The van der Waals surface area contributed by atoms with Gasteiger partial charge < -0.3 is 10.1 Å². The van der Waals surface area contributed by atoms with Crippen molar-refractivity contribution in [1.82, 2.24) is 5.32 Å². The van der Waals surface area contributed by atoms with Crippen molar-refractivity contribution in [2.75, 3.05) is 13.2 Å². The van der Waals surface area contributed by atoms with E-state index in [-0.39, 0.29) is 5.60 Å². The molecule has 1 atom stereocenters. The molecule has 0 aromatic rings. The van der Waals surface area contributed by atoms with Crippen LogP contribution in [0.4, 0.5) is 0 Å². The van der Waals surface area contributed by atoms with Crippen LogP contribution in [0.1, 0.15) is 46.5 Å². The van der Waals surface area contributed by atoms with Crippen LogP contribution in [0, 0.1) is 5.41 Å². The molecular formula is C12H23NO. The average molecular weight is 197 g/mol. The van der Waals surface area contributed by atoms with E-state index in [0.29, 0.717) is 11.5 Å². The summed E-state index contributed by atoms with van der Waals surface area (Å²) in [5, 5.41) is 3.64. The van der Waals surface area contributed by atoms with Gasteiger partial charge in [-0.25, -0.2) is 0 Å². The van der Waals surface area contributed by atoms with E-state index in [1.165, 1.54) is 25.7 Å². The van der Waals surface area contributed by atoms with Crippen LogP contribution in [0.2, 0.25) is 0 Å². The molecule has 0 aromatic carbocycles. The van der Waals surface area contributed by atoms with Gasteiger partial charge in [0.1, 0.15) is 0 Å². The second kappa shape index (κ2) is 3.49. The normalized spacial score (nSPS) is 31.5. The maximum Gasteiger partial charge on any atom is 0.0835 e. The molecule has 2 fully saturated rings. The van der Waals surface area contributed by atoms with Crippen LogP contribution in [0.5, 0.6) is 0 Å². The Balaban J connectivity index is 2.00. The molecule has 14 heavy (non-hydrogen) atoms. The first-order chi connectivity index (χ1) is 6.52. The Bertz CT molecular complexity index is 203. The van der Waals surface area contributed by atoms with Gasteiger partial charge in [-0.15, -0.1) is 0 Å². The summed E-state index contributed by atoms with van der Waals surface area (Å²) in [6, 6.07) is 0.588. The van der Waals surface area contributed by atoms with E-state index in [2.05, 4.69) is 26.1 Å². The van der Waals surface area contributed by atoms with Gasteiger partial charge in [0.25, 0.3) is 0 Å². The SMILES string of the molecule is CC(C)(C)CC1NCCOC12CCC2. The molecule has 1 aliphatic carbocycles. The van der Waals surface area contributed by atoms with Crippen molar-refractivity contribution >= 4 is 0 Å². The molecule has 0 amide bonds. The molecule has 1 aliphatic heterocycles. The summed E-state index contributed by atoms with van der Waals surface area (Å²) in [4.78, 5) is 0. The minimum absolute atomic E-state index is 0.214. The Morgan fingerprint density at radius 2 is 2.07 bits per heavy atom. The topological polar surface area (TPSA) is 21.3 Å². The van der Waals surface area contributed by atoms with Crippen LogP contribution >= 0.6 is 0 Å². The highest BCUT2D eigenvalue weighted by Gasteiger charge is 2.47. The third-order valence-corrected chi connectivity index (χ3v) is 3.53. The van der Waals surface area contributed by atoms with E-state index in [9.17, 15) is 0 Å². The summed E-state index contributed by atoms with van der Waals surface area (Å²) in [5.74, 6) is 0. The monoisotopic (exact) mass is 197 g/mol. The highest BCUT2D eigenvalue weighted by Crippen LogP contribution is 2.43. The van der Waals surface area contributed by atoms with E-state index in [1.54, 1.807) is 0 Å². The predicted octanol–water partition coefficient (Wildman–Crippen LogP) is 2.33. The number of hydrogen-bond donors (Lipinski definition) is 1. The molecule has 1 spiro atoms. The Kier molecular flexibility index (Phi) is 2.61. The van der Waals surface area contributed by atoms with Crippen molar-refractivity contribution in [1.29, 1.82) is 0 Å². The number of hydrogen-bond acceptors (Lipinski definition) is 2. The Labute approximate surface area is 87.4 Å². The zero-order valence-corrected chi connectivity index (χ0v) is 9.73. The van der Waals surface area contributed by atoms with Crippen LogP contribution in [0.25, 0.3) is 0 Å². The summed E-state index contributed by atoms with van der Waals surface area (Å²) in [6.07, 6.45) is 5.11. The lowest BCUT2D eigenvalue weighted by molar-refractivity contribution is -0.150. The number of nitrogens with one attached hydrogen (secondary N) is 1. The summed E-state index contributed by atoms with van der Waals surface area (Å²) >= 11 is 0. The van der Waals surface area contributed by atoms with Gasteiger partial charge in [-0.05, 0) is 31.1 Å². The summed E-state index contributed by atoms with van der Waals surface area (Å²) in [7, 11) is 0. The second-order valence-corrected chi connectivity index (χ2v) is 6.04. The standard InChI is InChI=1S/C12H23NO/c1-11(2,3)9-10-12(5-4-6-12)14-8-7-13-10/h10,13H,4-9H2,1-3H3. The third-order valence-electron chi connectivity index (χ3n) is 3.53. The number of ether oxygens (including phenoxy) is 1. The summed E-state index contributed by atoms with van der Waals surface area (Å²) in [5.41, 5.74) is 0.618. The molecule has 2 heteroatoms. The molecule has 2 aliphatic rings. The van der Waals surface area contributed by atoms with Gasteiger partial charge in [0.05, 0.1) is 12.2 Å². The maximum atomic E-state index is 6.00. The number of morpholine rings is 1. The van der Waals surface area contributed by atoms with Crippen molar-refractivity contribution in [3.05, 3.63) is 0 Å². The van der Waals surface area contributed by atoms with Crippen molar-refractivity contribution < 1.29 is 4.74 Å². The molecule has 1 unspecified atom stereocenters. The van der Waals surface area contributed by atoms with E-state index >= 15 is 0 Å². The van der Waals surface area contributed by atoms with Crippen LogP contribution in [0.3, 0.4) is 0 Å². The van der Waals surface area contributed by atoms with E-state index < -0.39 is 0 Å². The lowest BCUT2D eigenvalue weighted by atomic mass is 9.69. The Morgan fingerprint density at radius 1 is 1.36 bits per heavy atom. The molecular weight excluding hydrogens is 174 g/mol. The molecule has 0 bridgehead atoms. The van der Waals surface area contributed by atoms with E-state index in [4.69, 9.17) is 4.74 Å². The van der Waals surface area contributed by atoms with Crippen molar-refractivity contribution in [2.45, 2.75) is 58.1 Å². The lowest BCUT2D eigenvalue weighted by Gasteiger charge is -2.52. The van der Waals surface area contributed by atoms with Gasteiger partial charge >= 0.3 is 0 Å². The van der Waals surface area contributed by atoms with Gasteiger partial charge in [0, 0.05) is 12.6 Å². The van der Waals surface area contributed by atoms with Gasteiger partial charge in [0.2, 0.25) is 0 Å². The predicted molar refractivity (Wildman–Crippen MR) is 58.4 cm³/mol. The van der Waals surface area contributed by atoms with Gasteiger partial charge in [-0.1, -0.05) is 20.8 Å². The van der Waals surface area contributed by atoms with Crippen LogP contribution < -0.4 is 5.32 Å². The zero-order chi connectivity index (χ0) is 10.2. The van der Waals surface area contributed by atoms with Gasteiger partial charge in [0.15, 0.2) is 0 Å². The minimum Gasteiger partial charge on any atom is -0.372 e. The van der Waals surface area contributed by atoms with Crippen LogP contribution in [0.15, 0.2) is 0 Å². The molecule has 1 heterocycles. The highest BCUT2D eigenvalue weighted by molar-refractivity contribution is 5.02. The fraction of sp³-hybridized carbons (Fsp3) is 1.00. The van der Waals surface area contributed by atoms with E-state index in [1.807, 2.05) is 0 Å². The summed E-state index contributed by atoms with van der Waals surface area (Å²) < 4.78 is 6.00. The molecule has 0 radical (unpaired) electrons. The minimum atomic E-state index is 0.214. The van der Waals surface area contributed by atoms with Crippen molar-refractivity contribution in [2.24, 2.45) is 5.41 Å². The molecule has 1 saturated carbocycles. The maximum absolute atomic E-state index is 6.00. The third kappa shape index (κ3) is 1.96. The average Bonchev–Trinajstić information content (AvgIpc) is 1.99. The number of rotatable bonds is 1. The second-order valence-electron chi connectivity index (χ2n) is 6.04. The Hall–Kier alpha value is -0.0800. The smallest absolute Gasteiger partial charge is 0.0835 e. The molecule has 1 N–H and O–H groups in total. The van der Waals surface area contributed by atoms with Crippen LogP contribution in [-0.2, 0) is 4.74 Å². The molecule has 2 rings (SSSR count). The highest BCUT2D eigenvalue weighted by atomic mass is 16.5. The molecule has 2 nitrogen and oxygen atoms in total. The lowest BCUT2D eigenvalue weighted by Crippen LogP contribution is -2.62. The zero-order valence-electron chi connectivity index (χ0n) is 9.73. The summed E-state index contributed by atoms with van der Waals surface area (Å²) in [6.45, 7) is 8.88. The van der Waals surface area contributed by atoms with Crippen molar-refractivity contribution in [3.63, 3.8) is 0 Å². The first kappa shape index (κ1) is 10.4. The first-order valence-corrected chi connectivity index (χ1v) is 5.89. The van der Waals surface area contributed by atoms with Gasteiger partial charge in [-0.3, -0.25) is 0 Å².